The van der Waals surface area contributed by atoms with Gasteiger partial charge >= 0.3 is 12.1 Å². The van der Waals surface area contributed by atoms with E-state index in [-0.39, 0.29) is 23.3 Å². The number of ether oxygens (including phenoxy) is 2. The first-order valence-corrected chi connectivity index (χ1v) is 10.7. The summed E-state index contributed by atoms with van der Waals surface area (Å²) >= 11 is 0. The Labute approximate surface area is 169 Å². The van der Waals surface area contributed by atoms with Gasteiger partial charge in [0.1, 0.15) is 6.10 Å². The van der Waals surface area contributed by atoms with Crippen LogP contribution in [-0.4, -0.2) is 71.6 Å². The van der Waals surface area contributed by atoms with Gasteiger partial charge in [-0.05, 0) is 37.8 Å². The van der Waals surface area contributed by atoms with Gasteiger partial charge in [-0.1, -0.05) is 0 Å². The van der Waals surface area contributed by atoms with Crippen molar-refractivity contribution in [1.29, 1.82) is 0 Å². The van der Waals surface area contributed by atoms with Crippen LogP contribution in [0.4, 0.5) is 17.6 Å². The Bertz CT molecular complexity index is 877. The van der Waals surface area contributed by atoms with E-state index in [0.29, 0.717) is 26.0 Å². The minimum Gasteiger partial charge on any atom is -0.475 e. The summed E-state index contributed by atoms with van der Waals surface area (Å²) in [5, 5.41) is 6.85. The molecular formula is C17H20F4N2O6S. The molecule has 0 radical (unpaired) electrons. The molecule has 1 aliphatic heterocycles. The lowest BCUT2D eigenvalue weighted by atomic mass is 10.2. The number of sulfonamides is 1. The number of hydrogen-bond donors (Lipinski definition) is 1. The summed E-state index contributed by atoms with van der Waals surface area (Å²) in [6.45, 7) is 0.683. The standard InChI is InChI=1S/C15H19FN2O4S.C2HF3O2/c16-11-2-1-7-17-15(11)22-14-12-5-6-13(14)21-9-8-18(12)23(19,20)10-3-4-10;3-2(4,5)1(6)7/h1-2,7,10,12-14H,3-6,8-9H2;(H,6,7). The maximum atomic E-state index is 13.8. The minimum atomic E-state index is -5.08. The summed E-state index contributed by atoms with van der Waals surface area (Å²) in [7, 11) is -3.32. The van der Waals surface area contributed by atoms with Crippen LogP contribution in [0.25, 0.3) is 0 Å². The number of carbonyl (C=O) groups is 1. The number of aromatic nitrogens is 1. The van der Waals surface area contributed by atoms with Crippen molar-refractivity contribution in [3.8, 4) is 5.88 Å². The molecule has 0 spiro atoms. The Morgan fingerprint density at radius 2 is 1.93 bits per heavy atom. The second kappa shape index (κ2) is 8.63. The van der Waals surface area contributed by atoms with Crippen LogP contribution in [0.5, 0.6) is 5.88 Å². The lowest BCUT2D eigenvalue weighted by Gasteiger charge is -2.30. The van der Waals surface area contributed by atoms with Crippen molar-refractivity contribution < 1.29 is 45.4 Å². The highest BCUT2D eigenvalue weighted by Crippen LogP contribution is 2.39. The second-order valence-corrected chi connectivity index (χ2v) is 9.25. The third-order valence-electron chi connectivity index (χ3n) is 4.99. The van der Waals surface area contributed by atoms with Crippen LogP contribution in [0.15, 0.2) is 18.3 Å². The van der Waals surface area contributed by atoms with Gasteiger partial charge in [-0.2, -0.15) is 17.5 Å². The number of fused-ring (bicyclic) bond motifs is 2. The summed E-state index contributed by atoms with van der Waals surface area (Å²) in [5.74, 6) is -3.40. The normalized spacial score (nSPS) is 27.0. The summed E-state index contributed by atoms with van der Waals surface area (Å²) in [6, 6.07) is 2.46. The highest BCUT2D eigenvalue weighted by molar-refractivity contribution is 7.90. The number of carboxylic acids is 1. The van der Waals surface area contributed by atoms with Crippen LogP contribution < -0.4 is 4.74 Å². The molecule has 3 atom stereocenters. The van der Waals surface area contributed by atoms with Gasteiger partial charge in [0.25, 0.3) is 5.88 Å². The first kappa shape index (κ1) is 22.7. The lowest BCUT2D eigenvalue weighted by molar-refractivity contribution is -0.192. The minimum absolute atomic E-state index is 0.0938. The predicted molar refractivity (Wildman–Crippen MR) is 93.7 cm³/mol. The van der Waals surface area contributed by atoms with Crippen molar-refractivity contribution in [1.82, 2.24) is 9.29 Å². The molecule has 2 saturated carbocycles. The number of rotatable bonds is 4. The van der Waals surface area contributed by atoms with E-state index in [9.17, 15) is 26.0 Å². The fourth-order valence-electron chi connectivity index (χ4n) is 3.47. The van der Waals surface area contributed by atoms with E-state index in [1.807, 2.05) is 0 Å². The Hall–Kier alpha value is -1.99. The van der Waals surface area contributed by atoms with Crippen molar-refractivity contribution in [2.45, 2.75) is 55.4 Å². The number of hydrogen-bond acceptors (Lipinski definition) is 6. The Balaban J connectivity index is 0.000000318. The van der Waals surface area contributed by atoms with Crippen molar-refractivity contribution in [2.75, 3.05) is 13.2 Å². The fourth-order valence-corrected chi connectivity index (χ4v) is 5.52. The van der Waals surface area contributed by atoms with Gasteiger partial charge in [0.05, 0.1) is 24.0 Å². The van der Waals surface area contributed by atoms with Gasteiger partial charge in [-0.15, -0.1) is 0 Å². The molecule has 3 unspecified atom stereocenters. The highest BCUT2D eigenvalue weighted by atomic mass is 32.2. The molecule has 1 aromatic heterocycles. The van der Waals surface area contributed by atoms with Gasteiger partial charge in [0.15, 0.2) is 5.82 Å². The topological polar surface area (TPSA) is 106 Å². The van der Waals surface area contributed by atoms with E-state index >= 15 is 0 Å². The number of halogens is 4. The summed E-state index contributed by atoms with van der Waals surface area (Å²) in [4.78, 5) is 12.8. The molecule has 4 rings (SSSR count). The molecule has 2 bridgehead atoms. The van der Waals surface area contributed by atoms with E-state index < -0.39 is 34.1 Å². The molecule has 1 aromatic rings. The average molecular weight is 456 g/mol. The molecule has 168 valence electrons. The van der Waals surface area contributed by atoms with E-state index in [1.165, 1.54) is 22.6 Å². The monoisotopic (exact) mass is 456 g/mol. The SMILES string of the molecule is O=C(O)C(F)(F)F.O=S(=O)(C1CC1)N1CCOC2CCC1C2Oc1ncccc1F. The third kappa shape index (κ3) is 5.01. The van der Waals surface area contributed by atoms with Crippen molar-refractivity contribution in [3.05, 3.63) is 24.1 Å². The number of aliphatic carboxylic acids is 1. The molecule has 2 aliphatic carbocycles. The molecule has 0 amide bonds. The number of alkyl halides is 3. The molecular weight excluding hydrogens is 436 g/mol. The Kier molecular flexibility index (Phi) is 6.53. The zero-order valence-electron chi connectivity index (χ0n) is 15.6. The molecule has 3 aliphatic rings. The van der Waals surface area contributed by atoms with Crippen molar-refractivity contribution >= 4 is 16.0 Å². The molecule has 0 aromatic carbocycles. The van der Waals surface area contributed by atoms with E-state index in [2.05, 4.69) is 4.98 Å². The smallest absolute Gasteiger partial charge is 0.475 e. The first-order valence-electron chi connectivity index (χ1n) is 9.21. The zero-order valence-corrected chi connectivity index (χ0v) is 16.4. The summed E-state index contributed by atoms with van der Waals surface area (Å²) in [6.07, 6.45) is -1.56. The summed E-state index contributed by atoms with van der Waals surface area (Å²) < 4.78 is 84.0. The predicted octanol–water partition coefficient (Wildman–Crippen LogP) is 1.96. The Morgan fingerprint density at radius 1 is 1.27 bits per heavy atom. The molecule has 1 saturated heterocycles. The number of nitrogens with zero attached hydrogens (tertiary/aromatic N) is 2. The Morgan fingerprint density at radius 3 is 2.50 bits per heavy atom. The van der Waals surface area contributed by atoms with Crippen molar-refractivity contribution in [2.24, 2.45) is 0 Å². The molecule has 30 heavy (non-hydrogen) atoms. The van der Waals surface area contributed by atoms with Gasteiger partial charge in [0, 0.05) is 12.7 Å². The number of pyridine rings is 1. The van der Waals surface area contributed by atoms with Crippen LogP contribution in [-0.2, 0) is 19.6 Å². The second-order valence-electron chi connectivity index (χ2n) is 7.08. The largest absolute Gasteiger partial charge is 0.490 e. The van der Waals surface area contributed by atoms with Crippen LogP contribution in [0, 0.1) is 5.82 Å². The average Bonchev–Trinajstić information content (AvgIpc) is 3.44. The van der Waals surface area contributed by atoms with Crippen molar-refractivity contribution in [3.63, 3.8) is 0 Å². The van der Waals surface area contributed by atoms with Gasteiger partial charge in [-0.3, -0.25) is 0 Å². The molecule has 1 N–H and O–H groups in total. The van der Waals surface area contributed by atoms with Crippen LogP contribution in [0.2, 0.25) is 0 Å². The summed E-state index contributed by atoms with van der Waals surface area (Å²) in [5.41, 5.74) is 0. The number of carboxylic acid groups (broad SMARTS) is 1. The van der Waals surface area contributed by atoms with Gasteiger partial charge < -0.3 is 14.6 Å². The maximum absolute atomic E-state index is 13.8. The van der Waals surface area contributed by atoms with Gasteiger partial charge in [-0.25, -0.2) is 22.6 Å². The third-order valence-corrected chi connectivity index (χ3v) is 7.41. The van der Waals surface area contributed by atoms with Crippen LogP contribution in [0.3, 0.4) is 0 Å². The van der Waals surface area contributed by atoms with Crippen LogP contribution in [0.1, 0.15) is 25.7 Å². The molecule has 8 nitrogen and oxygen atoms in total. The first-order chi connectivity index (χ1) is 14.0. The van der Waals surface area contributed by atoms with E-state index in [1.54, 1.807) is 0 Å². The van der Waals surface area contributed by atoms with E-state index in [4.69, 9.17) is 19.4 Å². The van der Waals surface area contributed by atoms with Gasteiger partial charge in [0.2, 0.25) is 10.0 Å². The molecule has 3 fully saturated rings. The quantitative estimate of drug-likeness (QED) is 0.691. The zero-order chi connectivity index (χ0) is 22.1. The highest BCUT2D eigenvalue weighted by Gasteiger charge is 2.51. The van der Waals surface area contributed by atoms with E-state index in [0.717, 1.165) is 12.8 Å². The molecule has 2 heterocycles. The maximum Gasteiger partial charge on any atom is 0.490 e. The van der Waals surface area contributed by atoms with Crippen LogP contribution >= 0.6 is 0 Å². The fraction of sp³-hybridized carbons (Fsp3) is 0.647. The lowest BCUT2D eigenvalue weighted by Crippen LogP contribution is -2.48. The molecule has 13 heteroatoms.